The van der Waals surface area contributed by atoms with Crippen molar-refractivity contribution in [1.82, 2.24) is 0 Å². The van der Waals surface area contributed by atoms with Crippen molar-refractivity contribution in [2.45, 2.75) is 12.4 Å². The molecule has 0 aliphatic heterocycles. The van der Waals surface area contributed by atoms with E-state index in [4.69, 9.17) is 5.26 Å². The Kier molecular flexibility index (Phi) is 5.98. The number of hydrogen-bond donors (Lipinski definition) is 2. The van der Waals surface area contributed by atoms with E-state index < -0.39 is 40.6 Å². The zero-order valence-corrected chi connectivity index (χ0v) is 13.8. The third kappa shape index (κ3) is 5.26. The van der Waals surface area contributed by atoms with E-state index in [1.807, 2.05) is 5.32 Å². The van der Waals surface area contributed by atoms with E-state index in [2.05, 4.69) is 5.32 Å². The van der Waals surface area contributed by atoms with Crippen molar-refractivity contribution in [1.29, 1.82) is 5.26 Å². The molecular formula is C18H11F6N3O. The maximum Gasteiger partial charge on any atom is 0.418 e. The van der Waals surface area contributed by atoms with Crippen LogP contribution in [0, 0.1) is 11.3 Å². The molecule has 2 rings (SSSR count). The van der Waals surface area contributed by atoms with Gasteiger partial charge in [-0.25, -0.2) is 0 Å². The Bertz CT molecular complexity index is 924. The fourth-order valence-electron chi connectivity index (χ4n) is 2.09. The number of para-hydroxylation sites is 1. The monoisotopic (exact) mass is 399 g/mol. The number of amides is 1. The summed E-state index contributed by atoms with van der Waals surface area (Å²) < 4.78 is 76.4. The van der Waals surface area contributed by atoms with E-state index >= 15 is 0 Å². The summed E-state index contributed by atoms with van der Waals surface area (Å²) in [5, 5.41) is 13.5. The molecule has 146 valence electrons. The Morgan fingerprint density at radius 3 is 2.07 bits per heavy atom. The van der Waals surface area contributed by atoms with Crippen LogP contribution in [0.4, 0.5) is 37.7 Å². The molecule has 4 nitrogen and oxygen atoms in total. The summed E-state index contributed by atoms with van der Waals surface area (Å²) in [6, 6.07) is 9.47. The van der Waals surface area contributed by atoms with Gasteiger partial charge in [0, 0.05) is 11.9 Å². The molecule has 0 aliphatic rings. The summed E-state index contributed by atoms with van der Waals surface area (Å²) >= 11 is 0. The van der Waals surface area contributed by atoms with Crippen LogP contribution in [0.15, 0.2) is 60.3 Å². The third-order valence-electron chi connectivity index (χ3n) is 3.44. The molecule has 0 spiro atoms. The molecule has 0 aromatic heterocycles. The zero-order valence-electron chi connectivity index (χ0n) is 13.8. The number of carbonyl (C=O) groups excluding carboxylic acids is 1. The maximum atomic E-state index is 12.9. The van der Waals surface area contributed by atoms with Gasteiger partial charge < -0.3 is 10.6 Å². The number of anilines is 2. The van der Waals surface area contributed by atoms with E-state index in [0.717, 1.165) is 48.7 Å². The van der Waals surface area contributed by atoms with Gasteiger partial charge in [-0.05, 0) is 36.4 Å². The standard InChI is InChI=1S/C18H11F6N3O/c19-17(20,21)12-5-7-13(8-6-12)26-10-11(9-25)16(28)27-15-4-2-1-3-14(15)18(22,23)24/h1-8,10,26H,(H,27,28)/b11-10-. The number of alkyl halides is 6. The highest BCUT2D eigenvalue weighted by Crippen LogP contribution is 2.34. The molecule has 0 heterocycles. The van der Waals surface area contributed by atoms with Crippen LogP contribution < -0.4 is 10.6 Å². The molecule has 0 radical (unpaired) electrons. The van der Waals surface area contributed by atoms with E-state index in [1.165, 1.54) is 12.1 Å². The topological polar surface area (TPSA) is 64.9 Å². The largest absolute Gasteiger partial charge is 0.418 e. The normalized spacial score (nSPS) is 12.2. The van der Waals surface area contributed by atoms with Crippen LogP contribution in [0.2, 0.25) is 0 Å². The average molecular weight is 399 g/mol. The van der Waals surface area contributed by atoms with Crippen LogP contribution in [-0.4, -0.2) is 5.91 Å². The maximum absolute atomic E-state index is 12.9. The van der Waals surface area contributed by atoms with Gasteiger partial charge in [0.15, 0.2) is 0 Å². The fourth-order valence-corrected chi connectivity index (χ4v) is 2.09. The molecule has 2 N–H and O–H groups in total. The second-order valence-electron chi connectivity index (χ2n) is 5.39. The van der Waals surface area contributed by atoms with Crippen molar-refractivity contribution in [2.24, 2.45) is 0 Å². The molecule has 0 saturated carbocycles. The van der Waals surface area contributed by atoms with Gasteiger partial charge in [-0.2, -0.15) is 31.6 Å². The first kappa shape index (κ1) is 20.8. The summed E-state index contributed by atoms with van der Waals surface area (Å²) in [6.45, 7) is 0. The highest BCUT2D eigenvalue weighted by molar-refractivity contribution is 6.07. The molecule has 0 saturated heterocycles. The Morgan fingerprint density at radius 2 is 1.54 bits per heavy atom. The molecule has 10 heteroatoms. The van der Waals surface area contributed by atoms with E-state index in [1.54, 1.807) is 0 Å². The average Bonchev–Trinajstić information content (AvgIpc) is 2.61. The summed E-state index contributed by atoms with van der Waals surface area (Å²) in [6.07, 6.45) is -8.34. The SMILES string of the molecule is N#C/C(=C/Nc1ccc(C(F)(F)F)cc1)C(=O)Nc1ccccc1C(F)(F)F. The van der Waals surface area contributed by atoms with Crippen LogP contribution in [0.5, 0.6) is 0 Å². The van der Waals surface area contributed by atoms with Gasteiger partial charge in [0.05, 0.1) is 16.8 Å². The first-order chi connectivity index (χ1) is 13.0. The van der Waals surface area contributed by atoms with Crippen LogP contribution in [0.1, 0.15) is 11.1 Å². The van der Waals surface area contributed by atoms with Crippen molar-refractivity contribution in [2.75, 3.05) is 10.6 Å². The molecular weight excluding hydrogens is 388 g/mol. The smallest absolute Gasteiger partial charge is 0.360 e. The lowest BCUT2D eigenvalue weighted by Crippen LogP contribution is -2.18. The highest BCUT2D eigenvalue weighted by atomic mass is 19.4. The number of halogens is 6. The summed E-state index contributed by atoms with van der Waals surface area (Å²) in [5.41, 5.74) is -2.93. The highest BCUT2D eigenvalue weighted by Gasteiger charge is 2.33. The van der Waals surface area contributed by atoms with Crippen molar-refractivity contribution in [3.63, 3.8) is 0 Å². The Morgan fingerprint density at radius 1 is 0.929 bits per heavy atom. The predicted molar refractivity (Wildman–Crippen MR) is 88.8 cm³/mol. The molecule has 0 bridgehead atoms. The lowest BCUT2D eigenvalue weighted by molar-refractivity contribution is -0.138. The fraction of sp³-hybridized carbons (Fsp3) is 0.111. The first-order valence-corrected chi connectivity index (χ1v) is 7.54. The molecule has 28 heavy (non-hydrogen) atoms. The van der Waals surface area contributed by atoms with Crippen LogP contribution in [0.25, 0.3) is 0 Å². The van der Waals surface area contributed by atoms with Crippen LogP contribution in [-0.2, 0) is 17.1 Å². The molecule has 0 aliphatic carbocycles. The minimum atomic E-state index is -4.71. The Labute approximate surface area is 155 Å². The molecule has 1 amide bonds. The number of nitriles is 1. The number of benzene rings is 2. The van der Waals surface area contributed by atoms with Gasteiger partial charge in [0.1, 0.15) is 11.6 Å². The second kappa shape index (κ2) is 8.04. The van der Waals surface area contributed by atoms with Gasteiger partial charge in [-0.1, -0.05) is 12.1 Å². The Balaban J connectivity index is 2.15. The van der Waals surface area contributed by atoms with Gasteiger partial charge in [0.25, 0.3) is 5.91 Å². The number of hydrogen-bond acceptors (Lipinski definition) is 3. The van der Waals surface area contributed by atoms with Crippen LogP contribution >= 0.6 is 0 Å². The lowest BCUT2D eigenvalue weighted by atomic mass is 10.1. The number of carbonyl (C=O) groups is 1. The third-order valence-corrected chi connectivity index (χ3v) is 3.44. The van der Waals surface area contributed by atoms with E-state index in [-0.39, 0.29) is 5.69 Å². The second-order valence-corrected chi connectivity index (χ2v) is 5.39. The quantitative estimate of drug-likeness (QED) is 0.423. The molecule has 2 aromatic carbocycles. The molecule has 0 fully saturated rings. The van der Waals surface area contributed by atoms with E-state index in [9.17, 15) is 31.1 Å². The van der Waals surface area contributed by atoms with Gasteiger partial charge in [-0.3, -0.25) is 4.79 Å². The van der Waals surface area contributed by atoms with Crippen molar-refractivity contribution < 1.29 is 31.1 Å². The van der Waals surface area contributed by atoms with Crippen molar-refractivity contribution >= 4 is 17.3 Å². The lowest BCUT2D eigenvalue weighted by Gasteiger charge is -2.13. The van der Waals surface area contributed by atoms with Crippen molar-refractivity contribution in [3.05, 3.63) is 71.4 Å². The van der Waals surface area contributed by atoms with Gasteiger partial charge in [0.2, 0.25) is 0 Å². The van der Waals surface area contributed by atoms with Gasteiger partial charge in [-0.15, -0.1) is 0 Å². The zero-order chi connectivity index (χ0) is 20.9. The summed E-state index contributed by atoms with van der Waals surface area (Å²) in [5.74, 6) is -1.11. The molecule has 0 unspecified atom stereocenters. The molecule has 0 atom stereocenters. The van der Waals surface area contributed by atoms with Crippen molar-refractivity contribution in [3.8, 4) is 6.07 Å². The first-order valence-electron chi connectivity index (χ1n) is 7.54. The minimum Gasteiger partial charge on any atom is -0.360 e. The number of nitrogens with zero attached hydrogens (tertiary/aromatic N) is 1. The number of nitrogens with one attached hydrogen (secondary N) is 2. The summed E-state index contributed by atoms with van der Waals surface area (Å²) in [7, 11) is 0. The Hall–Kier alpha value is -3.48. The van der Waals surface area contributed by atoms with Crippen LogP contribution in [0.3, 0.4) is 0 Å². The minimum absolute atomic E-state index is 0.143. The van der Waals surface area contributed by atoms with Gasteiger partial charge >= 0.3 is 12.4 Å². The predicted octanol–water partition coefficient (Wildman–Crippen LogP) is 5.18. The summed E-state index contributed by atoms with van der Waals surface area (Å²) in [4.78, 5) is 12.1. The molecule has 2 aromatic rings. The number of rotatable bonds is 4. The van der Waals surface area contributed by atoms with E-state index in [0.29, 0.717) is 0 Å².